The minimum absolute atomic E-state index is 0.195. The molecule has 2 aliphatic rings. The van der Waals surface area contributed by atoms with Crippen LogP contribution in [0.5, 0.6) is 0 Å². The number of thioether (sulfide) groups is 1. The maximum absolute atomic E-state index is 10.8. The van der Waals surface area contributed by atoms with E-state index in [1.54, 1.807) is 0 Å². The molecule has 0 bridgehead atoms. The first-order valence-corrected chi connectivity index (χ1v) is 10.3. The quantitative estimate of drug-likeness (QED) is 0.823. The van der Waals surface area contributed by atoms with Gasteiger partial charge in [-0.1, -0.05) is 30.7 Å². The Kier molecular flexibility index (Phi) is 5.16. The molecule has 0 radical (unpaired) electrons. The lowest BCUT2D eigenvalue weighted by Gasteiger charge is -2.31. The molecule has 2 heterocycles. The van der Waals surface area contributed by atoms with E-state index in [0.29, 0.717) is 6.42 Å². The zero-order valence-electron chi connectivity index (χ0n) is 14.9. The molecule has 136 valence electrons. The number of pyridine rings is 1. The minimum Gasteiger partial charge on any atom is -0.481 e. The predicted octanol–water partition coefficient (Wildman–Crippen LogP) is 4.31. The molecule has 1 aliphatic heterocycles. The van der Waals surface area contributed by atoms with Gasteiger partial charge in [-0.3, -0.25) is 4.79 Å². The second kappa shape index (κ2) is 7.70. The number of carboxylic acid groups (broad SMARTS) is 1. The maximum Gasteiger partial charge on any atom is 0.303 e. The van der Waals surface area contributed by atoms with Gasteiger partial charge in [-0.25, -0.2) is 4.98 Å². The molecule has 4 rings (SSSR count). The number of aryl methyl sites for hydroxylation is 1. The fraction of sp³-hybridized carbons (Fsp3) is 0.429. The van der Waals surface area contributed by atoms with Crippen molar-refractivity contribution in [2.45, 2.75) is 55.3 Å². The van der Waals surface area contributed by atoms with Crippen LogP contribution >= 0.6 is 11.8 Å². The normalized spacial score (nSPS) is 16.8. The maximum atomic E-state index is 10.8. The van der Waals surface area contributed by atoms with Crippen LogP contribution < -0.4 is 4.90 Å². The summed E-state index contributed by atoms with van der Waals surface area (Å²) in [5, 5.41) is 10.7. The Morgan fingerprint density at radius 1 is 1.23 bits per heavy atom. The molecule has 1 fully saturated rings. The van der Waals surface area contributed by atoms with E-state index in [9.17, 15) is 4.79 Å². The Balaban J connectivity index is 1.44. The molecule has 0 atom stereocenters. The Labute approximate surface area is 158 Å². The third-order valence-electron chi connectivity index (χ3n) is 5.28. The summed E-state index contributed by atoms with van der Waals surface area (Å²) >= 11 is 1.92. The molecular weight excluding hydrogens is 344 g/mol. The molecule has 4 nitrogen and oxygen atoms in total. The second-order valence-corrected chi connectivity index (χ2v) is 8.49. The zero-order chi connectivity index (χ0) is 17.9. The van der Waals surface area contributed by atoms with Gasteiger partial charge in [0, 0.05) is 24.8 Å². The van der Waals surface area contributed by atoms with Crippen molar-refractivity contribution in [2.24, 2.45) is 0 Å². The molecule has 0 amide bonds. The van der Waals surface area contributed by atoms with E-state index in [2.05, 4.69) is 41.3 Å². The van der Waals surface area contributed by atoms with Crippen molar-refractivity contribution in [3.8, 4) is 0 Å². The van der Waals surface area contributed by atoms with E-state index in [1.807, 2.05) is 11.8 Å². The lowest BCUT2D eigenvalue weighted by molar-refractivity contribution is -0.136. The predicted molar refractivity (Wildman–Crippen MR) is 105 cm³/mol. The molecule has 1 aliphatic carbocycles. The molecule has 1 aromatic heterocycles. The van der Waals surface area contributed by atoms with Gasteiger partial charge in [-0.05, 0) is 54.5 Å². The van der Waals surface area contributed by atoms with Crippen molar-refractivity contribution >= 4 is 23.5 Å². The molecule has 5 heteroatoms. The number of rotatable bonds is 6. The Morgan fingerprint density at radius 2 is 2.12 bits per heavy atom. The first-order chi connectivity index (χ1) is 12.7. The number of anilines is 1. The molecule has 1 aromatic carbocycles. The van der Waals surface area contributed by atoms with Crippen molar-refractivity contribution in [3.05, 3.63) is 53.1 Å². The number of hydrogen-bond donors (Lipinski definition) is 1. The van der Waals surface area contributed by atoms with Gasteiger partial charge < -0.3 is 10.0 Å². The van der Waals surface area contributed by atoms with Crippen LogP contribution in [0, 0.1) is 0 Å². The molecule has 2 aromatic rings. The van der Waals surface area contributed by atoms with Crippen molar-refractivity contribution in [1.82, 2.24) is 4.98 Å². The van der Waals surface area contributed by atoms with Gasteiger partial charge in [-0.15, -0.1) is 11.8 Å². The van der Waals surface area contributed by atoms with Crippen LogP contribution in [0.3, 0.4) is 0 Å². The van der Waals surface area contributed by atoms with Gasteiger partial charge in [0.15, 0.2) is 0 Å². The smallest absolute Gasteiger partial charge is 0.303 e. The average Bonchev–Trinajstić information content (AvgIpc) is 2.63. The largest absolute Gasteiger partial charge is 0.481 e. The number of nitrogens with zero attached hydrogens (tertiary/aromatic N) is 2. The fourth-order valence-corrected chi connectivity index (χ4v) is 4.73. The number of aliphatic carboxylic acids is 1. The lowest BCUT2D eigenvalue weighted by atomic mass is 9.96. The van der Waals surface area contributed by atoms with Crippen LogP contribution in [0.4, 0.5) is 5.82 Å². The summed E-state index contributed by atoms with van der Waals surface area (Å²) in [4.78, 5) is 18.0. The third kappa shape index (κ3) is 4.04. The van der Waals surface area contributed by atoms with Crippen LogP contribution in [-0.2, 0) is 24.2 Å². The number of aromatic nitrogens is 1. The van der Waals surface area contributed by atoms with E-state index in [-0.39, 0.29) is 6.42 Å². The van der Waals surface area contributed by atoms with E-state index in [0.717, 1.165) is 41.2 Å². The number of carbonyl (C=O) groups is 1. The molecule has 0 spiro atoms. The molecule has 1 saturated carbocycles. The van der Waals surface area contributed by atoms with Gasteiger partial charge in [0.1, 0.15) is 5.82 Å². The van der Waals surface area contributed by atoms with Gasteiger partial charge in [0.25, 0.3) is 0 Å². The number of benzene rings is 1. The monoisotopic (exact) mass is 368 g/mol. The topological polar surface area (TPSA) is 53.4 Å². The molecule has 1 N–H and O–H groups in total. The third-order valence-corrected chi connectivity index (χ3v) is 6.56. The van der Waals surface area contributed by atoms with Crippen molar-refractivity contribution < 1.29 is 9.90 Å². The summed E-state index contributed by atoms with van der Waals surface area (Å²) in [5.74, 6) is 0.328. The standard InChI is InChI=1S/C21H24N2O2S/c24-21(25)10-8-15-7-9-17-14-23(12-11-16(17)13-15)19-5-2-6-20(22-19)26-18-3-1-4-18/h2,5-7,9,13,18H,1,3-4,8,10-12,14H2,(H,24,25). The van der Waals surface area contributed by atoms with E-state index in [1.165, 1.54) is 30.4 Å². The van der Waals surface area contributed by atoms with Crippen LogP contribution in [-0.4, -0.2) is 27.9 Å². The van der Waals surface area contributed by atoms with Crippen LogP contribution in [0.15, 0.2) is 41.4 Å². The summed E-state index contributed by atoms with van der Waals surface area (Å²) in [6.07, 6.45) is 5.77. The Morgan fingerprint density at radius 3 is 2.88 bits per heavy atom. The molecule has 0 unspecified atom stereocenters. The van der Waals surface area contributed by atoms with E-state index < -0.39 is 5.97 Å². The number of fused-ring (bicyclic) bond motifs is 1. The van der Waals surface area contributed by atoms with Crippen molar-refractivity contribution in [2.75, 3.05) is 11.4 Å². The van der Waals surface area contributed by atoms with Crippen molar-refractivity contribution in [3.63, 3.8) is 0 Å². The molecular formula is C21H24N2O2S. The summed E-state index contributed by atoms with van der Waals surface area (Å²) in [6, 6.07) is 12.8. The first-order valence-electron chi connectivity index (χ1n) is 9.38. The summed E-state index contributed by atoms with van der Waals surface area (Å²) < 4.78 is 0. The number of hydrogen-bond acceptors (Lipinski definition) is 4. The zero-order valence-corrected chi connectivity index (χ0v) is 15.7. The van der Waals surface area contributed by atoms with Crippen LogP contribution in [0.1, 0.15) is 42.4 Å². The number of carboxylic acids is 1. The Hall–Kier alpha value is -2.01. The lowest BCUT2D eigenvalue weighted by Crippen LogP contribution is -2.31. The van der Waals surface area contributed by atoms with Gasteiger partial charge in [0.2, 0.25) is 0 Å². The van der Waals surface area contributed by atoms with Gasteiger partial charge >= 0.3 is 5.97 Å². The highest BCUT2D eigenvalue weighted by atomic mass is 32.2. The molecule has 0 saturated heterocycles. The summed E-state index contributed by atoms with van der Waals surface area (Å²) in [6.45, 7) is 1.83. The van der Waals surface area contributed by atoms with Gasteiger partial charge in [0.05, 0.1) is 5.03 Å². The Bertz CT molecular complexity index is 804. The summed E-state index contributed by atoms with van der Waals surface area (Å²) in [5.41, 5.74) is 3.80. The van der Waals surface area contributed by atoms with Crippen LogP contribution in [0.25, 0.3) is 0 Å². The van der Waals surface area contributed by atoms with E-state index in [4.69, 9.17) is 10.1 Å². The minimum atomic E-state index is -0.736. The van der Waals surface area contributed by atoms with Gasteiger partial charge in [-0.2, -0.15) is 0 Å². The van der Waals surface area contributed by atoms with Crippen molar-refractivity contribution in [1.29, 1.82) is 0 Å². The second-order valence-electron chi connectivity index (χ2n) is 7.17. The first kappa shape index (κ1) is 17.4. The highest BCUT2D eigenvalue weighted by Crippen LogP contribution is 2.36. The fourth-order valence-electron chi connectivity index (χ4n) is 3.51. The molecule has 26 heavy (non-hydrogen) atoms. The SMILES string of the molecule is O=C(O)CCc1ccc2c(c1)CCN(c1cccc(SC3CCC3)n1)C2. The highest BCUT2D eigenvalue weighted by Gasteiger charge is 2.21. The highest BCUT2D eigenvalue weighted by molar-refractivity contribution is 7.99. The summed E-state index contributed by atoms with van der Waals surface area (Å²) in [7, 11) is 0. The average molecular weight is 369 g/mol. The van der Waals surface area contributed by atoms with Crippen LogP contribution in [0.2, 0.25) is 0 Å². The van der Waals surface area contributed by atoms with E-state index >= 15 is 0 Å².